The van der Waals surface area contributed by atoms with E-state index in [9.17, 15) is 14.7 Å². The third-order valence-electron chi connectivity index (χ3n) is 4.47. The summed E-state index contributed by atoms with van der Waals surface area (Å²) in [5.41, 5.74) is 2.03. The largest absolute Gasteiger partial charge is 0.507 e. The topological polar surface area (TPSA) is 95.7 Å². The molecule has 1 aliphatic rings. The van der Waals surface area contributed by atoms with Crippen LogP contribution in [0.1, 0.15) is 40.4 Å². The van der Waals surface area contributed by atoms with Gasteiger partial charge in [0.25, 0.3) is 5.91 Å². The Morgan fingerprint density at radius 2 is 2.12 bits per heavy atom. The molecule has 1 fully saturated rings. The summed E-state index contributed by atoms with van der Waals surface area (Å²) in [7, 11) is 0. The third kappa shape index (κ3) is 3.81. The fraction of sp³-hybridized carbons (Fsp3) is 0.389. The van der Waals surface area contributed by atoms with E-state index >= 15 is 0 Å². The highest BCUT2D eigenvalue weighted by molar-refractivity contribution is 5.97. The van der Waals surface area contributed by atoms with Gasteiger partial charge in [-0.3, -0.25) is 14.3 Å². The maximum Gasteiger partial charge on any atom is 0.325 e. The monoisotopic (exact) mass is 343 g/mol. The first-order valence-corrected chi connectivity index (χ1v) is 8.28. The van der Waals surface area contributed by atoms with Crippen LogP contribution in [0.5, 0.6) is 5.75 Å². The van der Waals surface area contributed by atoms with Crippen molar-refractivity contribution in [1.29, 1.82) is 0 Å². The fourth-order valence-corrected chi connectivity index (χ4v) is 3.22. The Bertz CT molecular complexity index is 799. The van der Waals surface area contributed by atoms with Gasteiger partial charge in [0.15, 0.2) is 0 Å². The summed E-state index contributed by atoms with van der Waals surface area (Å²) in [4.78, 5) is 25.3. The van der Waals surface area contributed by atoms with Crippen LogP contribution in [-0.4, -0.2) is 49.9 Å². The smallest absolute Gasteiger partial charge is 0.325 e. The zero-order chi connectivity index (χ0) is 18.0. The van der Waals surface area contributed by atoms with E-state index in [2.05, 4.69) is 5.10 Å². The summed E-state index contributed by atoms with van der Waals surface area (Å²) in [5, 5.41) is 23.1. The molecule has 1 amide bonds. The minimum absolute atomic E-state index is 0.0107. The molecular weight excluding hydrogens is 322 g/mol. The lowest BCUT2D eigenvalue weighted by Gasteiger charge is -2.32. The number of likely N-dealkylation sites (tertiary alicyclic amines) is 1. The van der Waals surface area contributed by atoms with Crippen LogP contribution < -0.4 is 0 Å². The molecule has 25 heavy (non-hydrogen) atoms. The first kappa shape index (κ1) is 17.0. The van der Waals surface area contributed by atoms with Gasteiger partial charge in [-0.2, -0.15) is 5.10 Å². The first-order chi connectivity index (χ1) is 11.9. The second-order valence-corrected chi connectivity index (χ2v) is 6.44. The van der Waals surface area contributed by atoms with Crippen LogP contribution in [0.3, 0.4) is 0 Å². The van der Waals surface area contributed by atoms with E-state index in [-0.39, 0.29) is 24.1 Å². The van der Waals surface area contributed by atoms with Crippen LogP contribution in [0.25, 0.3) is 0 Å². The van der Waals surface area contributed by atoms with Gasteiger partial charge in [0.05, 0.1) is 11.3 Å². The summed E-state index contributed by atoms with van der Waals surface area (Å²) < 4.78 is 1.39. The highest BCUT2D eigenvalue weighted by Crippen LogP contribution is 2.28. The normalized spacial score (nSPS) is 17.5. The van der Waals surface area contributed by atoms with Gasteiger partial charge in [0, 0.05) is 25.2 Å². The Morgan fingerprint density at radius 3 is 2.88 bits per heavy atom. The van der Waals surface area contributed by atoms with Crippen LogP contribution in [0.4, 0.5) is 0 Å². The Balaban J connectivity index is 1.74. The zero-order valence-electron chi connectivity index (χ0n) is 14.1. The number of phenolic OH excluding ortho intramolecular Hbond substituents is 1. The average molecular weight is 343 g/mol. The van der Waals surface area contributed by atoms with Crippen LogP contribution >= 0.6 is 0 Å². The molecule has 0 bridgehead atoms. The molecule has 0 saturated carbocycles. The maximum atomic E-state index is 12.8. The highest BCUT2D eigenvalue weighted by atomic mass is 16.4. The lowest BCUT2D eigenvalue weighted by Crippen LogP contribution is -2.39. The molecule has 0 spiro atoms. The van der Waals surface area contributed by atoms with E-state index in [0.717, 1.165) is 24.1 Å². The van der Waals surface area contributed by atoms with E-state index in [1.54, 1.807) is 23.2 Å². The minimum atomic E-state index is -0.940. The molecule has 132 valence electrons. The average Bonchev–Trinajstić information content (AvgIpc) is 3.04. The lowest BCUT2D eigenvalue weighted by molar-refractivity contribution is -0.137. The molecule has 1 atom stereocenters. The minimum Gasteiger partial charge on any atom is -0.507 e. The van der Waals surface area contributed by atoms with Crippen molar-refractivity contribution in [3.63, 3.8) is 0 Å². The van der Waals surface area contributed by atoms with Crippen molar-refractivity contribution in [1.82, 2.24) is 14.7 Å². The molecule has 0 unspecified atom stereocenters. The standard InChI is InChI=1S/C18H21N3O4/c1-12-4-5-16(22)14(9-12)18(25)20-7-2-3-13(10-20)15-6-8-21(19-15)11-17(23)24/h4-6,8-9,13,22H,2-3,7,10-11H2,1H3,(H,23,24)/t13-/m0/s1. The van der Waals surface area contributed by atoms with E-state index in [4.69, 9.17) is 5.11 Å². The Kier molecular flexibility index (Phi) is 4.74. The Hall–Kier alpha value is -2.83. The van der Waals surface area contributed by atoms with E-state index in [1.807, 2.05) is 13.0 Å². The number of nitrogens with zero attached hydrogens (tertiary/aromatic N) is 3. The Labute approximate surface area is 145 Å². The summed E-state index contributed by atoms with van der Waals surface area (Å²) >= 11 is 0. The van der Waals surface area contributed by atoms with Crippen LogP contribution in [0.15, 0.2) is 30.5 Å². The predicted molar refractivity (Wildman–Crippen MR) is 90.6 cm³/mol. The van der Waals surface area contributed by atoms with Gasteiger partial charge in [0.2, 0.25) is 0 Å². The van der Waals surface area contributed by atoms with Crippen LogP contribution in [-0.2, 0) is 11.3 Å². The van der Waals surface area contributed by atoms with E-state index < -0.39 is 5.97 Å². The van der Waals surface area contributed by atoms with Crippen LogP contribution in [0.2, 0.25) is 0 Å². The number of rotatable bonds is 4. The summed E-state index contributed by atoms with van der Waals surface area (Å²) in [6, 6.07) is 6.81. The van der Waals surface area contributed by atoms with Gasteiger partial charge >= 0.3 is 5.97 Å². The zero-order valence-corrected chi connectivity index (χ0v) is 14.1. The Morgan fingerprint density at radius 1 is 1.32 bits per heavy atom. The van der Waals surface area contributed by atoms with E-state index in [1.165, 1.54) is 10.7 Å². The van der Waals surface area contributed by atoms with Gasteiger partial charge in [-0.1, -0.05) is 11.6 Å². The molecule has 1 aliphatic heterocycles. The third-order valence-corrected chi connectivity index (χ3v) is 4.47. The maximum absolute atomic E-state index is 12.8. The number of aromatic nitrogens is 2. The van der Waals surface area contributed by atoms with Crippen molar-refractivity contribution in [3.8, 4) is 5.75 Å². The summed E-state index contributed by atoms with van der Waals surface area (Å²) in [6.07, 6.45) is 3.39. The molecule has 1 aromatic carbocycles. The second kappa shape index (κ2) is 6.96. The number of amides is 1. The number of benzene rings is 1. The molecular formula is C18H21N3O4. The SMILES string of the molecule is Cc1ccc(O)c(C(=O)N2CCC[C@H](c3ccn(CC(=O)O)n3)C2)c1. The number of hydrogen-bond donors (Lipinski definition) is 2. The number of phenols is 1. The molecule has 0 aliphatic carbocycles. The van der Waals surface area contributed by atoms with Crippen molar-refractivity contribution < 1.29 is 19.8 Å². The predicted octanol–water partition coefficient (Wildman–Crippen LogP) is 2.00. The molecule has 1 saturated heterocycles. The van der Waals surface area contributed by atoms with Crippen molar-refractivity contribution in [2.45, 2.75) is 32.2 Å². The van der Waals surface area contributed by atoms with Gasteiger partial charge in [-0.15, -0.1) is 0 Å². The highest BCUT2D eigenvalue weighted by Gasteiger charge is 2.28. The van der Waals surface area contributed by atoms with Gasteiger partial charge in [-0.05, 0) is 38.0 Å². The number of carbonyl (C=O) groups is 2. The molecule has 1 aromatic heterocycles. The number of piperidine rings is 1. The van der Waals surface area contributed by atoms with Gasteiger partial charge in [0.1, 0.15) is 12.3 Å². The fourth-order valence-electron chi connectivity index (χ4n) is 3.22. The number of carbonyl (C=O) groups excluding carboxylic acids is 1. The number of aromatic hydroxyl groups is 1. The van der Waals surface area contributed by atoms with Gasteiger partial charge in [-0.25, -0.2) is 0 Å². The molecule has 2 N–H and O–H groups in total. The number of hydrogen-bond acceptors (Lipinski definition) is 4. The molecule has 7 nitrogen and oxygen atoms in total. The number of carboxylic acid groups (broad SMARTS) is 1. The number of carboxylic acids is 1. The first-order valence-electron chi connectivity index (χ1n) is 8.28. The van der Waals surface area contributed by atoms with Crippen molar-refractivity contribution in [2.24, 2.45) is 0 Å². The number of aryl methyl sites for hydroxylation is 1. The molecule has 0 radical (unpaired) electrons. The molecule has 7 heteroatoms. The second-order valence-electron chi connectivity index (χ2n) is 6.44. The van der Waals surface area contributed by atoms with E-state index in [0.29, 0.717) is 18.7 Å². The lowest BCUT2D eigenvalue weighted by atomic mass is 9.94. The number of aliphatic carboxylic acids is 1. The summed E-state index contributed by atoms with van der Waals surface area (Å²) in [6.45, 7) is 2.85. The van der Waals surface area contributed by atoms with Gasteiger partial charge < -0.3 is 15.1 Å². The molecule has 2 aromatic rings. The summed E-state index contributed by atoms with van der Waals surface area (Å²) in [5.74, 6) is -1.07. The molecule has 2 heterocycles. The van der Waals surface area contributed by atoms with Crippen LogP contribution in [0, 0.1) is 6.92 Å². The molecule has 3 rings (SSSR count). The van der Waals surface area contributed by atoms with Crippen molar-refractivity contribution >= 4 is 11.9 Å². The van der Waals surface area contributed by atoms with Crippen molar-refractivity contribution in [3.05, 3.63) is 47.3 Å². The van der Waals surface area contributed by atoms with Crippen molar-refractivity contribution in [2.75, 3.05) is 13.1 Å². The quantitative estimate of drug-likeness (QED) is 0.885.